The number of hydrogen-bond acceptors (Lipinski definition) is 8. The number of oxazole rings is 1. The molecule has 0 saturated heterocycles. The summed E-state index contributed by atoms with van der Waals surface area (Å²) < 4.78 is 15.7. The molecule has 0 atom stereocenters. The third-order valence-electron chi connectivity index (χ3n) is 4.59. The zero-order valence-electron chi connectivity index (χ0n) is 16.9. The number of nitrogens with zero attached hydrogens (tertiary/aromatic N) is 2. The van der Waals surface area contributed by atoms with E-state index in [0.717, 1.165) is 0 Å². The Morgan fingerprint density at radius 2 is 1.24 bits per heavy atom. The molecule has 0 aliphatic carbocycles. The molecule has 0 radical (unpaired) electrons. The summed E-state index contributed by atoms with van der Waals surface area (Å²) in [6.45, 7) is 0. The molecule has 0 unspecified atom stereocenters. The molecule has 0 spiro atoms. The summed E-state index contributed by atoms with van der Waals surface area (Å²) in [5.41, 5.74) is 0.237. The summed E-state index contributed by atoms with van der Waals surface area (Å²) in [5, 5.41) is 11.0. The standard InChI is InChI=1S/C23H12Cl2N2O7/c24-22(28)32-17-9-3-13(4-10-17)19-20(14-5-11-18(12-6-14)33-23(25)29)34-21(26-19)15-1-7-16(8-2-15)27(30)31/h1-12H. The Hall–Kier alpha value is -4.21. The van der Waals surface area contributed by atoms with Crippen molar-refractivity contribution < 1.29 is 28.4 Å². The first-order valence-corrected chi connectivity index (χ1v) is 10.3. The summed E-state index contributed by atoms with van der Waals surface area (Å²) in [5.74, 6) is 1.11. The lowest BCUT2D eigenvalue weighted by Crippen LogP contribution is -1.96. The average Bonchev–Trinajstić information content (AvgIpc) is 3.25. The van der Waals surface area contributed by atoms with Crippen LogP contribution < -0.4 is 9.47 Å². The minimum atomic E-state index is -0.966. The predicted octanol–water partition coefficient (Wildman–Crippen LogP) is 7.06. The molecule has 1 aromatic heterocycles. The van der Waals surface area contributed by atoms with Crippen molar-refractivity contribution in [2.75, 3.05) is 0 Å². The van der Waals surface area contributed by atoms with Crippen LogP contribution in [0.3, 0.4) is 0 Å². The first kappa shape index (κ1) is 23.0. The lowest BCUT2D eigenvalue weighted by Gasteiger charge is -2.05. The van der Waals surface area contributed by atoms with Crippen LogP contribution in [0.15, 0.2) is 77.2 Å². The van der Waals surface area contributed by atoms with Gasteiger partial charge in [-0.25, -0.2) is 14.6 Å². The predicted molar refractivity (Wildman–Crippen MR) is 123 cm³/mol. The number of aromatic nitrogens is 1. The summed E-state index contributed by atoms with van der Waals surface area (Å²) in [6.07, 6.45) is 0. The number of benzene rings is 3. The number of nitro benzene ring substituents is 1. The van der Waals surface area contributed by atoms with Gasteiger partial charge in [-0.2, -0.15) is 0 Å². The van der Waals surface area contributed by atoms with Gasteiger partial charge in [0.25, 0.3) is 5.69 Å². The third kappa shape index (κ3) is 5.22. The van der Waals surface area contributed by atoms with Crippen LogP contribution in [0.25, 0.3) is 34.0 Å². The highest BCUT2D eigenvalue weighted by Crippen LogP contribution is 2.37. The Bertz CT molecular complexity index is 1290. The van der Waals surface area contributed by atoms with Crippen LogP contribution in [0.1, 0.15) is 0 Å². The van der Waals surface area contributed by atoms with Gasteiger partial charge in [-0.1, -0.05) is 0 Å². The van der Waals surface area contributed by atoms with E-state index >= 15 is 0 Å². The molecule has 0 fully saturated rings. The smallest absolute Gasteiger partial charge is 0.409 e. The van der Waals surface area contributed by atoms with Gasteiger partial charge < -0.3 is 13.9 Å². The van der Waals surface area contributed by atoms with Gasteiger partial charge in [0, 0.05) is 52.0 Å². The molecule has 0 aliphatic rings. The normalized spacial score (nSPS) is 10.5. The van der Waals surface area contributed by atoms with Crippen LogP contribution in [0, 0.1) is 10.1 Å². The summed E-state index contributed by atoms with van der Waals surface area (Å²) in [4.78, 5) is 37.0. The first-order valence-electron chi connectivity index (χ1n) is 9.51. The molecule has 4 rings (SSSR count). The molecule has 3 aromatic carbocycles. The van der Waals surface area contributed by atoms with Crippen LogP contribution in [-0.4, -0.2) is 20.8 Å². The van der Waals surface area contributed by atoms with Crippen molar-refractivity contribution in [2.24, 2.45) is 0 Å². The molecule has 0 aliphatic heterocycles. The Balaban J connectivity index is 1.77. The van der Waals surface area contributed by atoms with Gasteiger partial charge in [0.1, 0.15) is 17.2 Å². The molecule has 9 nitrogen and oxygen atoms in total. The van der Waals surface area contributed by atoms with E-state index < -0.39 is 15.8 Å². The molecule has 34 heavy (non-hydrogen) atoms. The maximum Gasteiger partial charge on any atom is 0.409 e. The summed E-state index contributed by atoms with van der Waals surface area (Å²) >= 11 is 10.5. The van der Waals surface area contributed by atoms with Crippen molar-refractivity contribution in [3.63, 3.8) is 0 Å². The van der Waals surface area contributed by atoms with Crippen LogP contribution >= 0.6 is 23.2 Å². The number of rotatable bonds is 6. The number of carbonyl (C=O) groups excluding carboxylic acids is 2. The summed E-state index contributed by atoms with van der Waals surface area (Å²) in [7, 11) is 0. The molecule has 0 bridgehead atoms. The molecule has 0 saturated carbocycles. The maximum atomic E-state index is 11.0. The molecule has 0 amide bonds. The van der Waals surface area contributed by atoms with Crippen LogP contribution in [0.4, 0.5) is 15.3 Å². The molecule has 0 N–H and O–H groups in total. The van der Waals surface area contributed by atoms with Crippen molar-refractivity contribution in [3.05, 3.63) is 82.9 Å². The van der Waals surface area contributed by atoms with Crippen molar-refractivity contribution in [1.82, 2.24) is 4.98 Å². The van der Waals surface area contributed by atoms with Crippen LogP contribution in [0.5, 0.6) is 11.5 Å². The van der Waals surface area contributed by atoms with Gasteiger partial charge in [0.2, 0.25) is 5.89 Å². The maximum absolute atomic E-state index is 11.0. The van der Waals surface area contributed by atoms with Crippen molar-refractivity contribution in [2.45, 2.75) is 0 Å². The van der Waals surface area contributed by atoms with Crippen molar-refractivity contribution >= 4 is 39.7 Å². The fourth-order valence-electron chi connectivity index (χ4n) is 3.10. The third-order valence-corrected chi connectivity index (χ3v) is 4.75. The second kappa shape index (κ2) is 9.74. The minimum absolute atomic E-state index is 0.0652. The molecule has 4 aromatic rings. The van der Waals surface area contributed by atoms with E-state index in [9.17, 15) is 19.7 Å². The second-order valence-electron chi connectivity index (χ2n) is 6.73. The van der Waals surface area contributed by atoms with E-state index in [1.54, 1.807) is 36.4 Å². The molecular formula is C23H12Cl2N2O7. The molecule has 1 heterocycles. The Kier molecular flexibility index (Phi) is 6.58. The topological polar surface area (TPSA) is 122 Å². The Labute approximate surface area is 201 Å². The number of hydrogen-bond donors (Lipinski definition) is 0. The number of nitro groups is 1. The largest absolute Gasteiger partial charge is 0.435 e. The SMILES string of the molecule is O=C(Cl)Oc1ccc(-c2nc(-c3ccc([N+](=O)[O-])cc3)oc2-c2ccc(OC(=O)Cl)cc2)cc1. The van der Waals surface area contributed by atoms with Gasteiger partial charge in [0.15, 0.2) is 5.76 Å². The zero-order valence-corrected chi connectivity index (χ0v) is 18.4. The van der Waals surface area contributed by atoms with Crippen LogP contribution in [0.2, 0.25) is 0 Å². The van der Waals surface area contributed by atoms with E-state index in [1.165, 1.54) is 36.4 Å². The highest BCUT2D eigenvalue weighted by Gasteiger charge is 2.19. The zero-order chi connectivity index (χ0) is 24.2. The van der Waals surface area contributed by atoms with Gasteiger partial charge in [-0.15, -0.1) is 0 Å². The average molecular weight is 499 g/mol. The lowest BCUT2D eigenvalue weighted by molar-refractivity contribution is -0.384. The van der Waals surface area contributed by atoms with E-state index in [1.807, 2.05) is 0 Å². The van der Waals surface area contributed by atoms with E-state index in [-0.39, 0.29) is 23.1 Å². The van der Waals surface area contributed by atoms with Gasteiger partial charge in [0.05, 0.1) is 4.92 Å². The van der Waals surface area contributed by atoms with Gasteiger partial charge >= 0.3 is 10.9 Å². The molecule has 170 valence electrons. The van der Waals surface area contributed by atoms with Gasteiger partial charge in [-0.05, 0) is 60.7 Å². The fourth-order valence-corrected chi connectivity index (χ4v) is 3.28. The van der Waals surface area contributed by atoms with E-state index in [2.05, 4.69) is 4.98 Å². The number of halogens is 2. The highest BCUT2D eigenvalue weighted by molar-refractivity contribution is 6.61. The fraction of sp³-hybridized carbons (Fsp3) is 0. The number of non-ortho nitro benzene ring substituents is 1. The highest BCUT2D eigenvalue weighted by atomic mass is 35.5. The van der Waals surface area contributed by atoms with Gasteiger partial charge in [-0.3, -0.25) is 10.1 Å². The first-order chi connectivity index (χ1) is 16.3. The lowest BCUT2D eigenvalue weighted by atomic mass is 10.1. The molecular weight excluding hydrogens is 487 g/mol. The molecule has 11 heteroatoms. The minimum Gasteiger partial charge on any atom is -0.435 e. The number of carbonyl (C=O) groups is 2. The monoisotopic (exact) mass is 498 g/mol. The second-order valence-corrected chi connectivity index (χ2v) is 7.35. The van der Waals surface area contributed by atoms with Crippen molar-refractivity contribution in [3.8, 4) is 45.5 Å². The number of ether oxygens (including phenoxy) is 2. The van der Waals surface area contributed by atoms with Crippen molar-refractivity contribution in [1.29, 1.82) is 0 Å². The van der Waals surface area contributed by atoms with Crippen LogP contribution in [-0.2, 0) is 0 Å². The Morgan fingerprint density at radius 1 is 0.765 bits per heavy atom. The van der Waals surface area contributed by atoms with E-state index in [4.69, 9.17) is 37.1 Å². The summed E-state index contributed by atoms with van der Waals surface area (Å²) in [6, 6.07) is 18.6. The van der Waals surface area contributed by atoms with E-state index in [0.29, 0.717) is 28.1 Å². The quantitative estimate of drug-likeness (QED) is 0.157. The Morgan fingerprint density at radius 3 is 1.71 bits per heavy atom.